The molecular formula is C16H15BrO6S. The van der Waals surface area contributed by atoms with E-state index in [-0.39, 0.29) is 11.5 Å². The maximum Gasteiger partial charge on any atom is 0.319 e. The molecule has 0 aromatic heterocycles. The molecule has 0 fully saturated rings. The van der Waals surface area contributed by atoms with Crippen LogP contribution in [0.5, 0.6) is 11.5 Å². The lowest BCUT2D eigenvalue weighted by molar-refractivity contribution is -0.134. The highest BCUT2D eigenvalue weighted by molar-refractivity contribution is 9.10. The first-order valence-electron chi connectivity index (χ1n) is 6.92. The molecule has 8 heteroatoms. The zero-order valence-electron chi connectivity index (χ0n) is 12.5. The zero-order valence-corrected chi connectivity index (χ0v) is 14.9. The number of carbonyl (C=O) groups is 1. The monoisotopic (exact) mass is 414 g/mol. The molecule has 2 aromatic rings. The van der Waals surface area contributed by atoms with E-state index in [1.165, 1.54) is 24.3 Å². The van der Waals surface area contributed by atoms with Gasteiger partial charge in [-0.3, -0.25) is 4.79 Å². The van der Waals surface area contributed by atoms with Crippen molar-refractivity contribution in [1.82, 2.24) is 0 Å². The summed E-state index contributed by atoms with van der Waals surface area (Å²) in [5.41, 5.74) is 0. The molecule has 0 amide bonds. The van der Waals surface area contributed by atoms with Crippen LogP contribution in [0.3, 0.4) is 0 Å². The molecule has 0 aliphatic heterocycles. The Morgan fingerprint density at radius 3 is 2.21 bits per heavy atom. The third kappa shape index (κ3) is 5.54. The zero-order chi connectivity index (χ0) is 17.6. The van der Waals surface area contributed by atoms with Crippen molar-refractivity contribution >= 4 is 31.7 Å². The van der Waals surface area contributed by atoms with E-state index in [0.717, 1.165) is 4.47 Å². The molecule has 0 unspecified atom stereocenters. The summed E-state index contributed by atoms with van der Waals surface area (Å²) in [5.74, 6) is -1.14. The Morgan fingerprint density at radius 2 is 1.62 bits per heavy atom. The van der Waals surface area contributed by atoms with E-state index in [9.17, 15) is 13.2 Å². The number of hydrogen-bond acceptors (Lipinski definition) is 5. The van der Waals surface area contributed by atoms with Gasteiger partial charge >= 0.3 is 5.97 Å². The van der Waals surface area contributed by atoms with Crippen LogP contribution in [0.2, 0.25) is 0 Å². The van der Waals surface area contributed by atoms with Crippen LogP contribution in [0.25, 0.3) is 0 Å². The molecule has 0 bridgehead atoms. The van der Waals surface area contributed by atoms with Crippen molar-refractivity contribution in [2.45, 2.75) is 4.90 Å². The predicted octanol–water partition coefficient (Wildman–Crippen LogP) is 2.77. The summed E-state index contributed by atoms with van der Waals surface area (Å²) in [7, 11) is -3.83. The number of ether oxygens (including phenoxy) is 2. The maximum absolute atomic E-state index is 11.8. The van der Waals surface area contributed by atoms with Crippen LogP contribution < -0.4 is 9.47 Å². The summed E-state index contributed by atoms with van der Waals surface area (Å²) in [4.78, 5) is 10.5. The van der Waals surface area contributed by atoms with Crippen LogP contribution in [-0.2, 0) is 14.6 Å². The highest BCUT2D eigenvalue weighted by Gasteiger charge is 2.18. The quantitative estimate of drug-likeness (QED) is 0.667. The largest absolute Gasteiger partial charge is 0.490 e. The lowest BCUT2D eigenvalue weighted by Crippen LogP contribution is -2.15. The minimum atomic E-state index is -3.83. The smallest absolute Gasteiger partial charge is 0.319 e. The van der Waals surface area contributed by atoms with Gasteiger partial charge in [0, 0.05) is 4.47 Å². The first-order valence-corrected chi connectivity index (χ1v) is 9.37. The highest BCUT2D eigenvalue weighted by Crippen LogP contribution is 2.19. The van der Waals surface area contributed by atoms with Crippen molar-refractivity contribution in [3.05, 3.63) is 53.0 Å². The number of rotatable bonds is 8. The van der Waals surface area contributed by atoms with Gasteiger partial charge in [-0.25, -0.2) is 8.42 Å². The molecule has 0 saturated carbocycles. The second-order valence-corrected chi connectivity index (χ2v) is 7.68. The Labute approximate surface area is 148 Å². The van der Waals surface area contributed by atoms with E-state index in [4.69, 9.17) is 14.6 Å². The molecule has 128 valence electrons. The van der Waals surface area contributed by atoms with Crippen LogP contribution in [-0.4, -0.2) is 38.5 Å². The van der Waals surface area contributed by atoms with Gasteiger partial charge in [0.25, 0.3) is 0 Å². The Bertz CT molecular complexity index is 802. The molecule has 6 nitrogen and oxygen atoms in total. The van der Waals surface area contributed by atoms with E-state index in [0.29, 0.717) is 18.1 Å². The number of carboxylic acids is 1. The van der Waals surface area contributed by atoms with Gasteiger partial charge < -0.3 is 14.6 Å². The molecule has 0 atom stereocenters. The second-order valence-electron chi connectivity index (χ2n) is 4.78. The fourth-order valence-corrected chi connectivity index (χ4v) is 3.29. The third-order valence-electron chi connectivity index (χ3n) is 2.91. The molecule has 2 aromatic carbocycles. The van der Waals surface area contributed by atoms with E-state index < -0.39 is 21.6 Å². The van der Waals surface area contributed by atoms with Crippen LogP contribution in [0, 0.1) is 0 Å². The normalized spacial score (nSPS) is 11.0. The van der Waals surface area contributed by atoms with Crippen molar-refractivity contribution in [2.24, 2.45) is 0 Å². The van der Waals surface area contributed by atoms with E-state index in [2.05, 4.69) is 15.9 Å². The lowest BCUT2D eigenvalue weighted by atomic mass is 10.3. The van der Waals surface area contributed by atoms with Crippen LogP contribution in [0.15, 0.2) is 57.9 Å². The van der Waals surface area contributed by atoms with Gasteiger partial charge in [0.15, 0.2) is 15.6 Å². The number of sulfone groups is 1. The highest BCUT2D eigenvalue weighted by atomic mass is 79.9. The van der Waals surface area contributed by atoms with E-state index in [1.807, 2.05) is 24.3 Å². The average Bonchev–Trinajstić information content (AvgIpc) is 2.51. The van der Waals surface area contributed by atoms with Gasteiger partial charge in [-0.15, -0.1) is 0 Å². The number of halogens is 1. The Balaban J connectivity index is 1.85. The summed E-state index contributed by atoms with van der Waals surface area (Å²) in [6, 6.07) is 13.0. The SMILES string of the molecule is O=C(O)CS(=O)(=O)c1ccc(OCCOc2cccc(Br)c2)cc1. The van der Waals surface area contributed by atoms with Gasteiger partial charge in [0.2, 0.25) is 0 Å². The molecule has 0 aliphatic carbocycles. The van der Waals surface area contributed by atoms with Gasteiger partial charge in [0.1, 0.15) is 24.7 Å². The minimum Gasteiger partial charge on any atom is -0.490 e. The van der Waals surface area contributed by atoms with Crippen LogP contribution >= 0.6 is 15.9 Å². The van der Waals surface area contributed by atoms with Gasteiger partial charge in [-0.2, -0.15) is 0 Å². The molecule has 0 aliphatic rings. The van der Waals surface area contributed by atoms with E-state index in [1.54, 1.807) is 0 Å². The number of aliphatic carboxylic acids is 1. The Morgan fingerprint density at radius 1 is 1.00 bits per heavy atom. The third-order valence-corrected chi connectivity index (χ3v) is 5.02. The van der Waals surface area contributed by atoms with Gasteiger partial charge in [0.05, 0.1) is 4.90 Å². The van der Waals surface area contributed by atoms with Crippen molar-refractivity contribution in [1.29, 1.82) is 0 Å². The standard InChI is InChI=1S/C16H15BrO6S/c17-12-2-1-3-14(10-12)23-9-8-22-13-4-6-15(7-5-13)24(20,21)11-16(18)19/h1-7,10H,8-9,11H2,(H,18,19). The fourth-order valence-electron chi connectivity index (χ4n) is 1.86. The molecule has 1 N–H and O–H groups in total. The molecule has 2 rings (SSSR count). The maximum atomic E-state index is 11.8. The van der Waals surface area contributed by atoms with Crippen molar-refractivity contribution in [2.75, 3.05) is 19.0 Å². The van der Waals surface area contributed by atoms with Crippen molar-refractivity contribution < 1.29 is 27.8 Å². The lowest BCUT2D eigenvalue weighted by Gasteiger charge is -2.09. The number of carboxylic acid groups (broad SMARTS) is 1. The first kappa shape index (κ1) is 18.3. The topological polar surface area (TPSA) is 89.9 Å². The molecular weight excluding hydrogens is 400 g/mol. The predicted molar refractivity (Wildman–Crippen MR) is 91.3 cm³/mol. The molecule has 0 saturated heterocycles. The Kier molecular flexibility index (Phi) is 6.22. The average molecular weight is 415 g/mol. The van der Waals surface area contributed by atoms with Gasteiger partial charge in [-0.05, 0) is 42.5 Å². The van der Waals surface area contributed by atoms with Crippen LogP contribution in [0.4, 0.5) is 0 Å². The second kappa shape index (κ2) is 8.16. The summed E-state index contributed by atoms with van der Waals surface area (Å²) in [5, 5.41) is 8.60. The first-order chi connectivity index (χ1) is 11.4. The molecule has 0 spiro atoms. The Hall–Kier alpha value is -2.06. The summed E-state index contributed by atoms with van der Waals surface area (Å²) >= 11 is 3.35. The molecule has 24 heavy (non-hydrogen) atoms. The number of benzene rings is 2. The van der Waals surface area contributed by atoms with Crippen molar-refractivity contribution in [3.8, 4) is 11.5 Å². The van der Waals surface area contributed by atoms with Gasteiger partial charge in [-0.1, -0.05) is 22.0 Å². The molecule has 0 radical (unpaired) electrons. The summed E-state index contributed by atoms with van der Waals surface area (Å²) in [6.07, 6.45) is 0. The van der Waals surface area contributed by atoms with Crippen molar-refractivity contribution in [3.63, 3.8) is 0 Å². The fraction of sp³-hybridized carbons (Fsp3) is 0.188. The summed E-state index contributed by atoms with van der Waals surface area (Å²) in [6.45, 7) is 0.614. The number of hydrogen-bond donors (Lipinski definition) is 1. The molecule has 0 heterocycles. The van der Waals surface area contributed by atoms with Crippen LogP contribution in [0.1, 0.15) is 0 Å². The van der Waals surface area contributed by atoms with E-state index >= 15 is 0 Å². The summed E-state index contributed by atoms with van der Waals surface area (Å²) < 4.78 is 35.4. The minimum absolute atomic E-state index is 0.0531.